The molecule has 0 radical (unpaired) electrons. The molecule has 1 fully saturated rings. The van der Waals surface area contributed by atoms with Crippen molar-refractivity contribution in [3.63, 3.8) is 0 Å². The van der Waals surface area contributed by atoms with E-state index in [2.05, 4.69) is 9.97 Å². The Labute approximate surface area is 94.3 Å². The lowest BCUT2D eigenvalue weighted by atomic mass is 10.2. The van der Waals surface area contributed by atoms with E-state index >= 15 is 0 Å². The lowest BCUT2D eigenvalue weighted by molar-refractivity contribution is -0.178. The molecule has 0 aromatic carbocycles. The molecule has 17 heavy (non-hydrogen) atoms. The van der Waals surface area contributed by atoms with E-state index in [1.807, 2.05) is 0 Å². The molecule has 4 nitrogen and oxygen atoms in total. The van der Waals surface area contributed by atoms with Crippen molar-refractivity contribution in [3.8, 4) is 0 Å². The quantitative estimate of drug-likeness (QED) is 0.832. The van der Waals surface area contributed by atoms with Crippen LogP contribution >= 0.6 is 0 Å². The summed E-state index contributed by atoms with van der Waals surface area (Å²) in [6, 6.07) is 3.22. The van der Waals surface area contributed by atoms with Crippen LogP contribution in [0.4, 0.5) is 19.1 Å². The Morgan fingerprint density at radius 1 is 1.35 bits per heavy atom. The third-order valence-corrected chi connectivity index (χ3v) is 3.12. The largest absolute Gasteiger partial charge is 0.412 e. The molecule has 2 heterocycles. The highest BCUT2D eigenvalue weighted by molar-refractivity contribution is 5.74. The molecule has 0 unspecified atom stereocenters. The molecule has 7 heteroatoms. The minimum Gasteiger partial charge on any atom is -0.369 e. The molecule has 1 aliphatic carbocycles. The summed E-state index contributed by atoms with van der Waals surface area (Å²) >= 11 is 0. The Balaban J connectivity index is 2.28. The van der Waals surface area contributed by atoms with Crippen molar-refractivity contribution < 1.29 is 13.2 Å². The fourth-order valence-corrected chi connectivity index (χ4v) is 2.10. The minimum atomic E-state index is -4.33. The zero-order valence-corrected chi connectivity index (χ0v) is 8.70. The normalized spacial score (nSPS) is 18.5. The summed E-state index contributed by atoms with van der Waals surface area (Å²) in [4.78, 5) is 7.85. The Bertz CT molecular complexity index is 583. The predicted octanol–water partition coefficient (Wildman–Crippen LogP) is 2.06. The summed E-state index contributed by atoms with van der Waals surface area (Å²) in [6.07, 6.45) is -2.83. The van der Waals surface area contributed by atoms with Gasteiger partial charge in [-0.05, 0) is 25.0 Å². The van der Waals surface area contributed by atoms with Gasteiger partial charge in [0.05, 0.1) is 0 Å². The van der Waals surface area contributed by atoms with Crippen molar-refractivity contribution in [1.82, 2.24) is 14.5 Å². The molecule has 0 atom stereocenters. The van der Waals surface area contributed by atoms with Gasteiger partial charge in [0.15, 0.2) is 5.65 Å². The average Bonchev–Trinajstić information content (AvgIpc) is 2.96. The van der Waals surface area contributed by atoms with Crippen molar-refractivity contribution >= 4 is 17.1 Å². The highest BCUT2D eigenvalue weighted by atomic mass is 19.4. The Kier molecular flexibility index (Phi) is 1.77. The summed E-state index contributed by atoms with van der Waals surface area (Å²) in [6.45, 7) is 0. The first-order valence-corrected chi connectivity index (χ1v) is 5.12. The Morgan fingerprint density at radius 2 is 2.06 bits per heavy atom. The van der Waals surface area contributed by atoms with E-state index in [9.17, 15) is 13.2 Å². The van der Waals surface area contributed by atoms with Crippen LogP contribution in [0.5, 0.6) is 0 Å². The fraction of sp³-hybridized carbons (Fsp3) is 0.400. The third-order valence-electron chi connectivity index (χ3n) is 3.12. The van der Waals surface area contributed by atoms with Crippen LogP contribution in [-0.2, 0) is 5.54 Å². The predicted molar refractivity (Wildman–Crippen MR) is 55.2 cm³/mol. The van der Waals surface area contributed by atoms with Gasteiger partial charge in [-0.25, -0.2) is 9.97 Å². The number of fused-ring (bicyclic) bond motifs is 1. The Morgan fingerprint density at radius 3 is 2.65 bits per heavy atom. The molecular weight excluding hydrogens is 233 g/mol. The number of nitrogen functional groups attached to an aromatic ring is 1. The van der Waals surface area contributed by atoms with E-state index in [1.165, 1.54) is 6.20 Å². The van der Waals surface area contributed by atoms with E-state index in [0.29, 0.717) is 5.52 Å². The number of nitrogens with two attached hydrogens (primary N) is 1. The second-order valence-corrected chi connectivity index (χ2v) is 4.18. The lowest BCUT2D eigenvalue weighted by Gasteiger charge is -2.22. The molecular formula is C10H9F3N4. The van der Waals surface area contributed by atoms with E-state index < -0.39 is 11.7 Å². The zero-order valence-electron chi connectivity index (χ0n) is 8.70. The summed E-state index contributed by atoms with van der Waals surface area (Å²) < 4.78 is 40.1. The van der Waals surface area contributed by atoms with Crippen LogP contribution in [0.2, 0.25) is 0 Å². The maximum Gasteiger partial charge on any atom is 0.412 e. The van der Waals surface area contributed by atoms with Gasteiger partial charge in [0.25, 0.3) is 0 Å². The van der Waals surface area contributed by atoms with E-state index in [4.69, 9.17) is 5.73 Å². The van der Waals surface area contributed by atoms with Crippen LogP contribution < -0.4 is 5.73 Å². The highest BCUT2D eigenvalue weighted by Gasteiger charge is 2.66. The van der Waals surface area contributed by atoms with Crippen LogP contribution in [-0.4, -0.2) is 20.7 Å². The van der Waals surface area contributed by atoms with Crippen LogP contribution in [0.25, 0.3) is 11.2 Å². The highest BCUT2D eigenvalue weighted by Crippen LogP contribution is 2.57. The number of nitrogens with zero attached hydrogens (tertiary/aromatic N) is 3. The molecule has 2 N–H and O–H groups in total. The van der Waals surface area contributed by atoms with Crippen LogP contribution in [0.15, 0.2) is 18.3 Å². The molecule has 2 aromatic rings. The number of imidazole rings is 1. The van der Waals surface area contributed by atoms with Gasteiger partial charge in [-0.15, -0.1) is 0 Å². The van der Waals surface area contributed by atoms with Gasteiger partial charge in [-0.3, -0.25) is 4.57 Å². The number of hydrogen-bond donors (Lipinski definition) is 1. The topological polar surface area (TPSA) is 56.7 Å². The SMILES string of the molecule is Nc1nc2cccnc2n1C1(C(F)(F)F)CC1. The lowest BCUT2D eigenvalue weighted by Crippen LogP contribution is -2.35. The van der Waals surface area contributed by atoms with Gasteiger partial charge in [-0.1, -0.05) is 0 Å². The van der Waals surface area contributed by atoms with Gasteiger partial charge < -0.3 is 5.73 Å². The number of anilines is 1. The summed E-state index contributed by atoms with van der Waals surface area (Å²) in [7, 11) is 0. The monoisotopic (exact) mass is 242 g/mol. The molecule has 90 valence electrons. The van der Waals surface area contributed by atoms with Gasteiger partial charge in [0.1, 0.15) is 11.1 Å². The third kappa shape index (κ3) is 1.25. The van der Waals surface area contributed by atoms with Gasteiger partial charge in [0, 0.05) is 6.20 Å². The van der Waals surface area contributed by atoms with Crippen molar-refractivity contribution in [1.29, 1.82) is 0 Å². The first kappa shape index (κ1) is 10.4. The van der Waals surface area contributed by atoms with Crippen LogP contribution in [0.3, 0.4) is 0 Å². The first-order valence-electron chi connectivity index (χ1n) is 5.12. The number of halogens is 3. The Hall–Kier alpha value is -1.79. The summed E-state index contributed by atoms with van der Waals surface area (Å²) in [5, 5.41) is 0. The van der Waals surface area contributed by atoms with Crippen molar-refractivity contribution in [2.45, 2.75) is 24.6 Å². The zero-order chi connectivity index (χ0) is 12.3. The van der Waals surface area contributed by atoms with Crippen LogP contribution in [0.1, 0.15) is 12.8 Å². The number of hydrogen-bond acceptors (Lipinski definition) is 3. The standard InChI is InChI=1S/C10H9F3N4/c11-10(12,13)9(3-4-9)17-7-6(16-8(17)14)2-1-5-15-7/h1-2,5H,3-4H2,(H2,14,16). The molecule has 1 saturated carbocycles. The van der Waals surface area contributed by atoms with E-state index in [-0.39, 0.29) is 24.4 Å². The molecule has 3 rings (SSSR count). The molecule has 0 spiro atoms. The minimum absolute atomic E-state index is 0.0305. The average molecular weight is 242 g/mol. The molecule has 0 amide bonds. The number of aromatic nitrogens is 3. The van der Waals surface area contributed by atoms with Crippen molar-refractivity contribution in [2.24, 2.45) is 0 Å². The molecule has 0 aliphatic heterocycles. The van der Waals surface area contributed by atoms with Gasteiger partial charge in [0.2, 0.25) is 5.95 Å². The maximum absolute atomic E-state index is 13.0. The van der Waals surface area contributed by atoms with Gasteiger partial charge >= 0.3 is 6.18 Å². The molecule has 0 bridgehead atoms. The first-order chi connectivity index (χ1) is 7.96. The van der Waals surface area contributed by atoms with E-state index in [0.717, 1.165) is 4.57 Å². The molecule has 0 saturated heterocycles. The number of rotatable bonds is 1. The van der Waals surface area contributed by atoms with Crippen LogP contribution in [0, 0.1) is 0 Å². The second-order valence-electron chi connectivity index (χ2n) is 4.18. The molecule has 2 aromatic heterocycles. The van der Waals surface area contributed by atoms with Crippen molar-refractivity contribution in [3.05, 3.63) is 18.3 Å². The number of pyridine rings is 1. The fourth-order valence-electron chi connectivity index (χ4n) is 2.10. The summed E-state index contributed by atoms with van der Waals surface area (Å²) in [5.74, 6) is -0.131. The van der Waals surface area contributed by atoms with E-state index in [1.54, 1.807) is 12.1 Å². The smallest absolute Gasteiger partial charge is 0.369 e. The second kappa shape index (κ2) is 2.91. The van der Waals surface area contributed by atoms with Gasteiger partial charge in [-0.2, -0.15) is 13.2 Å². The molecule has 1 aliphatic rings. The maximum atomic E-state index is 13.0. The van der Waals surface area contributed by atoms with Crippen molar-refractivity contribution in [2.75, 3.05) is 5.73 Å². The summed E-state index contributed by atoms with van der Waals surface area (Å²) in [5.41, 5.74) is 4.27. The number of alkyl halides is 3.